The van der Waals surface area contributed by atoms with Gasteiger partial charge in [-0.1, -0.05) is 23.7 Å². The van der Waals surface area contributed by atoms with Gasteiger partial charge in [0.25, 0.3) is 11.8 Å². The monoisotopic (exact) mass is 431 g/mol. The molecule has 0 fully saturated rings. The minimum absolute atomic E-state index is 0.0146. The molecule has 2 aromatic carbocycles. The number of rotatable bonds is 8. The molecule has 0 radical (unpaired) electrons. The second-order valence-corrected chi connectivity index (χ2v) is 6.12. The zero-order chi connectivity index (χ0) is 21.6. The Morgan fingerprint density at radius 1 is 1.17 bits per heavy atom. The summed E-state index contributed by atoms with van der Waals surface area (Å²) in [7, 11) is 1.31. The fourth-order valence-corrected chi connectivity index (χ4v) is 2.54. The molecular weight excluding hydrogens is 415 g/mol. The maximum atomic E-state index is 12.6. The first-order valence-electron chi connectivity index (χ1n) is 8.10. The molecule has 156 valence electrons. The summed E-state index contributed by atoms with van der Waals surface area (Å²) < 4.78 is 47.7. The zero-order valence-corrected chi connectivity index (χ0v) is 15.9. The van der Waals surface area contributed by atoms with Crippen LogP contribution in [-0.2, 0) is 4.79 Å². The van der Waals surface area contributed by atoms with Gasteiger partial charge in [-0.2, -0.15) is 13.2 Å². The number of alkyl halides is 3. The number of amides is 2. The molecule has 0 saturated heterocycles. The van der Waals surface area contributed by atoms with Gasteiger partial charge in [0, 0.05) is 5.56 Å². The van der Waals surface area contributed by atoms with Crippen LogP contribution in [0.25, 0.3) is 0 Å². The van der Waals surface area contributed by atoms with Gasteiger partial charge in [0.15, 0.2) is 18.1 Å². The standard InChI is InChI=1S/C18H17ClF3N3O4/c1-28-14-7-10(6-11(19)16(14)29-8-15(23)26)17(27)25-13-5-3-2-4-12(13)24-9-18(20,21)22/h2-7,24H,8-9H2,1H3,(H2,23,26)(H,25,27). The summed E-state index contributed by atoms with van der Waals surface area (Å²) >= 11 is 6.10. The van der Waals surface area contributed by atoms with E-state index in [1.54, 1.807) is 6.07 Å². The molecule has 7 nitrogen and oxygen atoms in total. The number of benzene rings is 2. The third-order valence-electron chi connectivity index (χ3n) is 3.50. The molecular formula is C18H17ClF3N3O4. The molecule has 0 bridgehead atoms. The molecule has 2 amide bonds. The van der Waals surface area contributed by atoms with Crippen LogP contribution in [0, 0.1) is 0 Å². The Bertz CT molecular complexity index is 906. The first kappa shape index (κ1) is 22.2. The van der Waals surface area contributed by atoms with Crippen molar-refractivity contribution in [1.29, 1.82) is 0 Å². The van der Waals surface area contributed by atoms with E-state index in [1.807, 2.05) is 0 Å². The molecule has 0 spiro atoms. The van der Waals surface area contributed by atoms with Crippen LogP contribution in [0.15, 0.2) is 36.4 Å². The normalized spacial score (nSPS) is 10.9. The van der Waals surface area contributed by atoms with E-state index in [0.717, 1.165) is 0 Å². The van der Waals surface area contributed by atoms with Gasteiger partial charge in [0.2, 0.25) is 0 Å². The highest BCUT2D eigenvalue weighted by Crippen LogP contribution is 2.36. The number of halogens is 4. The smallest absolute Gasteiger partial charge is 0.405 e. The summed E-state index contributed by atoms with van der Waals surface area (Å²) in [6.45, 7) is -1.70. The molecule has 0 atom stereocenters. The van der Waals surface area contributed by atoms with Crippen LogP contribution in [0.1, 0.15) is 10.4 Å². The number of hydrogen-bond acceptors (Lipinski definition) is 5. The van der Waals surface area contributed by atoms with Gasteiger partial charge in [-0.05, 0) is 24.3 Å². The van der Waals surface area contributed by atoms with Gasteiger partial charge in [0.05, 0.1) is 23.5 Å². The molecule has 0 aliphatic rings. The maximum Gasteiger partial charge on any atom is 0.405 e. The number of primary amides is 1. The van der Waals surface area contributed by atoms with E-state index in [9.17, 15) is 22.8 Å². The Kier molecular flexibility index (Phi) is 7.16. The van der Waals surface area contributed by atoms with Crippen LogP contribution in [0.2, 0.25) is 5.02 Å². The van der Waals surface area contributed by atoms with Crippen LogP contribution in [0.4, 0.5) is 24.5 Å². The van der Waals surface area contributed by atoms with Crippen molar-refractivity contribution < 1.29 is 32.2 Å². The van der Waals surface area contributed by atoms with E-state index in [-0.39, 0.29) is 33.5 Å². The molecule has 29 heavy (non-hydrogen) atoms. The predicted octanol–water partition coefficient (Wildman–Crippen LogP) is 3.44. The summed E-state index contributed by atoms with van der Waals surface area (Å²) in [5.74, 6) is -1.27. The molecule has 0 unspecified atom stereocenters. The molecule has 2 aromatic rings. The third kappa shape index (κ3) is 6.46. The Labute approximate surface area is 168 Å². The fraction of sp³-hybridized carbons (Fsp3) is 0.222. The van der Waals surface area contributed by atoms with Crippen molar-refractivity contribution in [3.05, 3.63) is 47.0 Å². The number of anilines is 2. The number of nitrogens with one attached hydrogen (secondary N) is 2. The molecule has 0 aliphatic heterocycles. The van der Waals surface area contributed by atoms with Crippen molar-refractivity contribution in [3.63, 3.8) is 0 Å². The lowest BCUT2D eigenvalue weighted by Gasteiger charge is -2.16. The van der Waals surface area contributed by atoms with E-state index in [0.29, 0.717) is 0 Å². The van der Waals surface area contributed by atoms with Gasteiger partial charge < -0.3 is 25.8 Å². The van der Waals surface area contributed by atoms with Crippen molar-refractivity contribution in [2.75, 3.05) is 30.9 Å². The van der Waals surface area contributed by atoms with Gasteiger partial charge in [0.1, 0.15) is 6.54 Å². The van der Waals surface area contributed by atoms with Crippen molar-refractivity contribution in [1.82, 2.24) is 0 Å². The van der Waals surface area contributed by atoms with Crippen molar-refractivity contribution >= 4 is 34.8 Å². The number of carbonyl (C=O) groups is 2. The SMILES string of the molecule is COc1cc(C(=O)Nc2ccccc2NCC(F)(F)F)cc(Cl)c1OCC(N)=O. The molecule has 0 saturated carbocycles. The summed E-state index contributed by atoms with van der Waals surface area (Å²) in [5, 5.41) is 4.72. The van der Waals surface area contributed by atoms with Crippen LogP contribution in [0.3, 0.4) is 0 Å². The minimum Gasteiger partial charge on any atom is -0.493 e. The van der Waals surface area contributed by atoms with E-state index in [1.165, 1.54) is 37.4 Å². The highest BCUT2D eigenvalue weighted by atomic mass is 35.5. The summed E-state index contributed by atoms with van der Waals surface area (Å²) in [5.41, 5.74) is 5.32. The first-order chi connectivity index (χ1) is 13.6. The average molecular weight is 432 g/mol. The van der Waals surface area contributed by atoms with E-state index in [4.69, 9.17) is 26.8 Å². The highest BCUT2D eigenvalue weighted by molar-refractivity contribution is 6.32. The van der Waals surface area contributed by atoms with Crippen LogP contribution in [-0.4, -0.2) is 38.3 Å². The van der Waals surface area contributed by atoms with Crippen molar-refractivity contribution in [2.24, 2.45) is 5.73 Å². The lowest BCUT2D eigenvalue weighted by molar-refractivity contribution is -0.120. The molecule has 0 aromatic heterocycles. The summed E-state index contributed by atoms with van der Waals surface area (Å²) in [6.07, 6.45) is -4.42. The largest absolute Gasteiger partial charge is 0.493 e. The lowest BCUT2D eigenvalue weighted by atomic mass is 10.1. The zero-order valence-electron chi connectivity index (χ0n) is 15.1. The third-order valence-corrected chi connectivity index (χ3v) is 3.79. The van der Waals surface area contributed by atoms with Crippen molar-refractivity contribution in [2.45, 2.75) is 6.18 Å². The molecule has 0 aliphatic carbocycles. The van der Waals surface area contributed by atoms with Gasteiger partial charge >= 0.3 is 6.18 Å². The topological polar surface area (TPSA) is 103 Å². The highest BCUT2D eigenvalue weighted by Gasteiger charge is 2.27. The van der Waals surface area contributed by atoms with E-state index < -0.39 is 31.1 Å². The van der Waals surface area contributed by atoms with Gasteiger partial charge in [-0.25, -0.2) is 0 Å². The Morgan fingerprint density at radius 2 is 1.83 bits per heavy atom. The van der Waals surface area contributed by atoms with Crippen LogP contribution < -0.4 is 25.8 Å². The molecule has 0 heterocycles. The molecule has 4 N–H and O–H groups in total. The molecule has 2 rings (SSSR count). The van der Waals surface area contributed by atoms with Crippen LogP contribution in [0.5, 0.6) is 11.5 Å². The maximum absolute atomic E-state index is 12.6. The summed E-state index contributed by atoms with van der Waals surface area (Å²) in [6, 6.07) is 8.50. The first-order valence-corrected chi connectivity index (χ1v) is 8.48. The quantitative estimate of drug-likeness (QED) is 0.594. The Balaban J connectivity index is 2.23. The van der Waals surface area contributed by atoms with Gasteiger partial charge in [-0.15, -0.1) is 0 Å². The average Bonchev–Trinajstić information content (AvgIpc) is 2.64. The molecule has 11 heteroatoms. The Morgan fingerprint density at radius 3 is 2.41 bits per heavy atom. The lowest BCUT2D eigenvalue weighted by Crippen LogP contribution is -2.22. The van der Waals surface area contributed by atoms with E-state index >= 15 is 0 Å². The van der Waals surface area contributed by atoms with Crippen molar-refractivity contribution in [3.8, 4) is 11.5 Å². The number of para-hydroxylation sites is 2. The number of ether oxygens (including phenoxy) is 2. The Hall–Kier alpha value is -3.14. The fourth-order valence-electron chi connectivity index (χ4n) is 2.27. The number of hydrogen-bond donors (Lipinski definition) is 3. The van der Waals surface area contributed by atoms with Gasteiger partial charge in [-0.3, -0.25) is 9.59 Å². The van der Waals surface area contributed by atoms with E-state index in [2.05, 4.69) is 10.6 Å². The number of methoxy groups -OCH3 is 1. The second-order valence-electron chi connectivity index (χ2n) is 5.71. The number of nitrogens with two attached hydrogens (primary N) is 1. The summed E-state index contributed by atoms with van der Waals surface area (Å²) in [4.78, 5) is 23.5. The predicted molar refractivity (Wildman–Crippen MR) is 102 cm³/mol. The number of carbonyl (C=O) groups excluding carboxylic acids is 2. The minimum atomic E-state index is -4.42. The second kappa shape index (κ2) is 9.37. The van der Waals surface area contributed by atoms with Crippen LogP contribution >= 0.6 is 11.6 Å².